The van der Waals surface area contributed by atoms with Gasteiger partial charge in [0, 0.05) is 16.4 Å². The van der Waals surface area contributed by atoms with Gasteiger partial charge in [-0.25, -0.2) is 0 Å². The predicted octanol–water partition coefficient (Wildman–Crippen LogP) is 9.91. The Morgan fingerprint density at radius 3 is 0.848 bits per heavy atom. The Kier molecular flexibility index (Phi) is 7.78. The highest BCUT2D eigenvalue weighted by Crippen LogP contribution is 2.46. The molecule has 0 unspecified atom stereocenters. The second-order valence-corrected chi connectivity index (χ2v) is 11.0. The van der Waals surface area contributed by atoms with E-state index in [9.17, 15) is 0 Å². The molecule has 0 aliphatic carbocycles. The van der Waals surface area contributed by atoms with E-state index in [4.69, 9.17) is 14.2 Å². The lowest BCUT2D eigenvalue weighted by Crippen LogP contribution is -2.59. The largest absolute Gasteiger partial charge is 0.458 e. The van der Waals surface area contributed by atoms with Crippen molar-refractivity contribution in [3.8, 4) is 67.9 Å². The van der Waals surface area contributed by atoms with Crippen LogP contribution in [0.3, 0.4) is 0 Å². The standard InChI is InChI=1S/C36H21BO3.C4H6.C2H6/c1-4-10-22(11-5-1)25-16-28-34-29(17-25)39-31-19-27(24-14-8-3-9-15-24)21-33-36(31)37(34)35-30(38-28)18-26(20-32(35)40-33)23-12-6-2-7-13-23;1-3-4-2;1-2/h1-21H;3-4H,1-2H2;1-2H3. The average molecular weight is 597 g/mol. The number of rotatable bonds is 4. The molecule has 0 saturated carbocycles. The molecule has 0 atom stereocenters. The molecule has 3 heterocycles. The molecule has 6 aromatic rings. The van der Waals surface area contributed by atoms with Gasteiger partial charge in [-0.05, 0) is 69.8 Å². The zero-order chi connectivity index (χ0) is 31.6. The Morgan fingerprint density at radius 2 is 0.630 bits per heavy atom. The first kappa shape index (κ1) is 29.0. The van der Waals surface area contributed by atoms with Gasteiger partial charge < -0.3 is 14.2 Å². The van der Waals surface area contributed by atoms with Gasteiger partial charge in [-0.3, -0.25) is 0 Å². The first-order valence-corrected chi connectivity index (χ1v) is 15.7. The quantitative estimate of drug-likeness (QED) is 0.150. The van der Waals surface area contributed by atoms with E-state index in [-0.39, 0.29) is 6.71 Å². The van der Waals surface area contributed by atoms with Crippen molar-refractivity contribution in [1.82, 2.24) is 0 Å². The lowest BCUT2D eigenvalue weighted by atomic mass is 9.33. The van der Waals surface area contributed by atoms with Crippen molar-refractivity contribution in [3.63, 3.8) is 0 Å². The molecule has 0 aromatic heterocycles. The number of benzene rings is 6. The van der Waals surface area contributed by atoms with Gasteiger partial charge >= 0.3 is 0 Å². The van der Waals surface area contributed by atoms with E-state index < -0.39 is 0 Å². The minimum Gasteiger partial charge on any atom is -0.458 e. The fourth-order valence-corrected chi connectivity index (χ4v) is 6.34. The summed E-state index contributed by atoms with van der Waals surface area (Å²) in [6.07, 6.45) is 3.28. The Balaban J connectivity index is 0.000000526. The summed E-state index contributed by atoms with van der Waals surface area (Å²) in [6, 6.07) is 44.0. The van der Waals surface area contributed by atoms with E-state index in [0.29, 0.717) is 0 Å². The minimum absolute atomic E-state index is 0.0317. The van der Waals surface area contributed by atoms with Crippen molar-refractivity contribution >= 4 is 23.1 Å². The molecule has 3 aliphatic rings. The van der Waals surface area contributed by atoms with Gasteiger partial charge in [-0.2, -0.15) is 0 Å². The van der Waals surface area contributed by atoms with Gasteiger partial charge in [0.1, 0.15) is 34.5 Å². The molecule has 6 aromatic carbocycles. The highest BCUT2D eigenvalue weighted by atomic mass is 16.5. The molecular weight excluding hydrogens is 563 g/mol. The molecule has 0 fully saturated rings. The summed E-state index contributed by atoms with van der Waals surface area (Å²) >= 11 is 0. The second-order valence-electron chi connectivity index (χ2n) is 11.0. The van der Waals surface area contributed by atoms with Crippen molar-refractivity contribution in [1.29, 1.82) is 0 Å². The minimum atomic E-state index is -0.0317. The Labute approximate surface area is 271 Å². The van der Waals surface area contributed by atoms with Crippen LogP contribution in [-0.4, -0.2) is 6.71 Å². The summed E-state index contributed by atoms with van der Waals surface area (Å²) in [4.78, 5) is 0. The van der Waals surface area contributed by atoms with Crippen LogP contribution in [-0.2, 0) is 0 Å². The van der Waals surface area contributed by atoms with Gasteiger partial charge in [-0.15, -0.1) is 0 Å². The Morgan fingerprint density at radius 1 is 0.391 bits per heavy atom. The third-order valence-corrected chi connectivity index (χ3v) is 8.33. The Hall–Kier alpha value is -5.74. The molecule has 0 bridgehead atoms. The normalized spacial score (nSPS) is 11.9. The van der Waals surface area contributed by atoms with E-state index in [1.54, 1.807) is 12.2 Å². The SMILES string of the molecule is C=CC=C.CC.c1ccc(-c2cc3c4c(c2)Oc2cc(-c5ccccc5)cc5c2B4c2c(cc(-c4ccccc4)cc2O5)O3)cc1. The first-order chi connectivity index (χ1) is 22.7. The highest BCUT2D eigenvalue weighted by molar-refractivity contribution is 6.99. The molecule has 3 aliphatic heterocycles. The topological polar surface area (TPSA) is 27.7 Å². The molecule has 9 rings (SSSR count). The third kappa shape index (κ3) is 4.98. The van der Waals surface area contributed by atoms with E-state index in [1.807, 2.05) is 32.0 Å². The van der Waals surface area contributed by atoms with Crippen LogP contribution in [0.25, 0.3) is 33.4 Å². The molecule has 46 heavy (non-hydrogen) atoms. The number of allylic oxidation sites excluding steroid dienone is 2. The van der Waals surface area contributed by atoms with Crippen LogP contribution in [0, 0.1) is 0 Å². The number of ether oxygens (including phenoxy) is 3. The lowest BCUT2D eigenvalue weighted by Gasteiger charge is -2.38. The van der Waals surface area contributed by atoms with Gasteiger partial charge in [0.25, 0.3) is 6.71 Å². The number of hydrogen-bond donors (Lipinski definition) is 0. The van der Waals surface area contributed by atoms with Crippen molar-refractivity contribution in [2.75, 3.05) is 0 Å². The predicted molar refractivity (Wildman–Crippen MR) is 192 cm³/mol. The second kappa shape index (κ2) is 12.3. The van der Waals surface area contributed by atoms with Crippen LogP contribution in [0.4, 0.5) is 0 Å². The van der Waals surface area contributed by atoms with Gasteiger partial charge in [-0.1, -0.05) is 130 Å². The maximum atomic E-state index is 6.71. The van der Waals surface area contributed by atoms with Gasteiger partial charge in [0.2, 0.25) is 0 Å². The summed E-state index contributed by atoms with van der Waals surface area (Å²) in [5, 5.41) is 0. The van der Waals surface area contributed by atoms with E-state index in [1.165, 1.54) is 0 Å². The van der Waals surface area contributed by atoms with Gasteiger partial charge in [0.15, 0.2) is 0 Å². The van der Waals surface area contributed by atoms with Crippen LogP contribution in [0.5, 0.6) is 34.5 Å². The lowest BCUT2D eigenvalue weighted by molar-refractivity contribution is 0.443. The molecule has 0 amide bonds. The summed E-state index contributed by atoms with van der Waals surface area (Å²) in [6.45, 7) is 10.7. The van der Waals surface area contributed by atoms with Crippen molar-refractivity contribution < 1.29 is 14.2 Å². The summed E-state index contributed by atoms with van der Waals surface area (Å²) < 4.78 is 20.1. The Bertz CT molecular complexity index is 1760. The van der Waals surface area contributed by atoms with Crippen molar-refractivity contribution in [2.24, 2.45) is 0 Å². The molecule has 0 saturated heterocycles. The molecule has 4 heteroatoms. The molecule has 3 nitrogen and oxygen atoms in total. The smallest absolute Gasteiger partial charge is 0.270 e. The van der Waals surface area contributed by atoms with Crippen LogP contribution in [0.1, 0.15) is 13.8 Å². The summed E-state index contributed by atoms with van der Waals surface area (Å²) in [5.74, 6) is 4.98. The molecule has 0 N–H and O–H groups in total. The van der Waals surface area contributed by atoms with Gasteiger partial charge in [0.05, 0.1) is 0 Å². The molecule has 0 radical (unpaired) electrons. The van der Waals surface area contributed by atoms with Crippen LogP contribution in [0.15, 0.2) is 153 Å². The molecule has 0 spiro atoms. The summed E-state index contributed by atoms with van der Waals surface area (Å²) in [5.41, 5.74) is 9.73. The zero-order valence-electron chi connectivity index (χ0n) is 26.0. The van der Waals surface area contributed by atoms with E-state index in [2.05, 4.69) is 122 Å². The fraction of sp³-hybridized carbons (Fsp3) is 0.0476. The van der Waals surface area contributed by atoms with E-state index in [0.717, 1.165) is 84.3 Å². The van der Waals surface area contributed by atoms with Crippen LogP contribution >= 0.6 is 0 Å². The first-order valence-electron chi connectivity index (χ1n) is 15.7. The van der Waals surface area contributed by atoms with E-state index >= 15 is 0 Å². The van der Waals surface area contributed by atoms with Crippen LogP contribution in [0.2, 0.25) is 0 Å². The molecular formula is C42H33BO3. The summed E-state index contributed by atoms with van der Waals surface area (Å²) in [7, 11) is 0. The van der Waals surface area contributed by atoms with Crippen molar-refractivity contribution in [2.45, 2.75) is 13.8 Å². The molecule has 222 valence electrons. The van der Waals surface area contributed by atoms with Crippen molar-refractivity contribution in [3.05, 3.63) is 153 Å². The maximum absolute atomic E-state index is 6.71. The monoisotopic (exact) mass is 596 g/mol. The zero-order valence-corrected chi connectivity index (χ0v) is 26.0. The number of hydrogen-bond acceptors (Lipinski definition) is 3. The maximum Gasteiger partial charge on any atom is 0.270 e. The highest BCUT2D eigenvalue weighted by Gasteiger charge is 2.47. The fourth-order valence-electron chi connectivity index (χ4n) is 6.34. The average Bonchev–Trinajstić information content (AvgIpc) is 3.13. The van der Waals surface area contributed by atoms with Crippen LogP contribution < -0.4 is 30.6 Å². The third-order valence-electron chi connectivity index (χ3n) is 8.33.